The molecule has 2 aromatic rings. The number of ether oxygens (including phenoxy) is 2. The molecule has 19 heteroatoms. The maximum atomic E-state index is 12.7. The first-order chi connectivity index (χ1) is 47.8. The van der Waals surface area contributed by atoms with Crippen LogP contribution in [0, 0.1) is 81.8 Å². The Kier molecular flexibility index (Phi) is 54.2. The molecule has 0 unspecified atom stereocenters. The van der Waals surface area contributed by atoms with Crippen LogP contribution in [0.25, 0.3) is 0 Å². The molecule has 1 aliphatic carbocycles. The van der Waals surface area contributed by atoms with Crippen molar-refractivity contribution in [3.63, 3.8) is 0 Å². The van der Waals surface area contributed by atoms with Crippen molar-refractivity contribution in [2.75, 3.05) is 24.4 Å². The maximum absolute atomic E-state index is 12.7. The average molecular weight is 1560 g/mol. The summed E-state index contributed by atoms with van der Waals surface area (Å²) in [5.74, 6) is 0.937. The van der Waals surface area contributed by atoms with Crippen molar-refractivity contribution in [2.24, 2.45) is 81.8 Å². The molecule has 3 aliphatic rings. The summed E-state index contributed by atoms with van der Waals surface area (Å²) in [6, 6.07) is 19.4. The molecule has 17 nitrogen and oxygen atoms in total. The van der Waals surface area contributed by atoms with Crippen LogP contribution >= 0.6 is 31.9 Å². The minimum absolute atomic E-state index is 0.0455. The Labute approximate surface area is 632 Å². The summed E-state index contributed by atoms with van der Waals surface area (Å²) >= 11 is 5.90. The second-order valence-electron chi connectivity index (χ2n) is 30.2. The molecule has 0 radical (unpaired) electrons. The monoisotopic (exact) mass is 1560 g/mol. The van der Waals surface area contributed by atoms with Gasteiger partial charge in [0.15, 0.2) is 0 Å². The number of carboxylic acids is 4. The highest BCUT2D eigenvalue weighted by molar-refractivity contribution is 9.09. The number of halogens is 2. The van der Waals surface area contributed by atoms with Gasteiger partial charge in [-0.2, -0.15) is 0 Å². The van der Waals surface area contributed by atoms with Crippen LogP contribution in [-0.2, 0) is 55.9 Å². The number of hydrogen-bond donors (Lipinski definition) is 4. The number of aliphatic carboxylic acids is 4. The van der Waals surface area contributed by atoms with Crippen LogP contribution < -0.4 is 0 Å². The number of rotatable bonds is 34. The van der Waals surface area contributed by atoms with E-state index in [0.717, 1.165) is 75.3 Å². The lowest BCUT2D eigenvalue weighted by atomic mass is 9.69. The molecule has 2 saturated heterocycles. The van der Waals surface area contributed by atoms with Crippen molar-refractivity contribution in [2.45, 2.75) is 239 Å². The van der Waals surface area contributed by atoms with Crippen LogP contribution in [-0.4, -0.2) is 120 Å². The Bertz CT molecular complexity index is 2770. The number of allylic oxidation sites excluding steroid dienone is 5. The summed E-state index contributed by atoms with van der Waals surface area (Å²) in [7, 11) is 0. The fraction of sp³-hybridized carbons (Fsp3) is 0.651. The minimum Gasteiger partial charge on any atom is -0.481 e. The number of carboxylic acid groups (broad SMARTS) is 4. The molecule has 5 rings (SSSR count). The van der Waals surface area contributed by atoms with E-state index in [1.54, 1.807) is 18.2 Å². The third-order valence-corrected chi connectivity index (χ3v) is 18.7. The van der Waals surface area contributed by atoms with Crippen LogP contribution in [0.3, 0.4) is 0 Å². The molecular formula is C83H134Br2N2O15. The number of cyclic esters (lactones) is 2. The summed E-state index contributed by atoms with van der Waals surface area (Å²) < 4.78 is 10.2. The van der Waals surface area contributed by atoms with Crippen LogP contribution in [0.1, 0.15) is 226 Å². The van der Waals surface area contributed by atoms with E-state index in [4.69, 9.17) is 19.7 Å². The Hall–Kier alpha value is -6.21. The lowest BCUT2D eigenvalue weighted by molar-refractivity contribution is -0.148. The highest BCUT2D eigenvalue weighted by atomic mass is 79.9. The van der Waals surface area contributed by atoms with Gasteiger partial charge in [-0.3, -0.25) is 33.6 Å². The van der Waals surface area contributed by atoms with Crippen molar-refractivity contribution >= 4 is 85.5 Å². The van der Waals surface area contributed by atoms with E-state index in [1.165, 1.54) is 16.7 Å². The zero-order valence-corrected chi connectivity index (χ0v) is 68.9. The smallest absolute Gasteiger partial charge is 0.416 e. The van der Waals surface area contributed by atoms with Crippen LogP contribution in [0.5, 0.6) is 0 Å². The molecule has 0 bridgehead atoms. The third-order valence-electron chi connectivity index (χ3n) is 17.9. The molecular weight excluding hydrogens is 1420 g/mol. The molecule has 2 fully saturated rings. The van der Waals surface area contributed by atoms with E-state index < -0.39 is 36.1 Å². The molecule has 0 aromatic heterocycles. The average Bonchev–Trinajstić information content (AvgIpc) is 1.59. The van der Waals surface area contributed by atoms with Crippen LogP contribution in [0.4, 0.5) is 9.59 Å². The van der Waals surface area contributed by atoms with Crippen molar-refractivity contribution in [3.05, 3.63) is 122 Å². The number of carbonyl (C=O) groups excluding carboxylic acids is 5. The van der Waals surface area contributed by atoms with E-state index in [9.17, 15) is 53.4 Å². The highest BCUT2D eigenvalue weighted by Gasteiger charge is 2.42. The Morgan fingerprint density at radius 3 is 1.30 bits per heavy atom. The first-order valence-corrected chi connectivity index (χ1v) is 39.4. The third kappa shape index (κ3) is 41.9. The SMILES string of the molecule is C=CCC(C)(CC=C)[C@@H](CC(C)C)C(=O)O.C=CC[C@@H](C)[C@@H](CC(C)C)C(=O)O.CBr.CC(=O)CBr.CC(C)CCC(=O)N1C(=O)OC[C@@H]1Cc1ccccc1.CC(C)C[C@@H](C(=O)O)C1(C)CC=CC1.CC[C@@H](CC(C)C)C(=O)N1C(=O)OC[C@@H]1Cc1ccccc1.CC[C@@H](CC(C)C)C(=O)O. The summed E-state index contributed by atoms with van der Waals surface area (Å²) in [4.78, 5) is 105. The molecule has 4 N–H and O–H groups in total. The Morgan fingerprint density at radius 1 is 0.578 bits per heavy atom. The molecule has 102 heavy (non-hydrogen) atoms. The predicted octanol–water partition coefficient (Wildman–Crippen LogP) is 20.7. The predicted molar refractivity (Wildman–Crippen MR) is 422 cm³/mol. The first kappa shape index (κ1) is 100.0. The van der Waals surface area contributed by atoms with Crippen LogP contribution in [0.15, 0.2) is 111 Å². The van der Waals surface area contributed by atoms with Gasteiger partial charge in [0.2, 0.25) is 11.8 Å². The lowest BCUT2D eigenvalue weighted by Crippen LogP contribution is -2.43. The number of amides is 4. The van der Waals surface area contributed by atoms with Gasteiger partial charge in [-0.05, 0) is 172 Å². The molecule has 0 spiro atoms. The van der Waals surface area contributed by atoms with Gasteiger partial charge in [0.05, 0.1) is 41.1 Å². The van der Waals surface area contributed by atoms with Gasteiger partial charge in [0, 0.05) is 12.3 Å². The van der Waals surface area contributed by atoms with Gasteiger partial charge in [-0.25, -0.2) is 19.4 Å². The fourth-order valence-corrected chi connectivity index (χ4v) is 12.2. The normalized spacial score (nSPS) is 16.6. The summed E-state index contributed by atoms with van der Waals surface area (Å²) in [5.41, 5.74) is 1.91. The Morgan fingerprint density at radius 2 is 0.980 bits per heavy atom. The van der Waals surface area contributed by atoms with Crippen molar-refractivity contribution in [1.82, 2.24) is 9.80 Å². The zero-order chi connectivity index (χ0) is 79.0. The second kappa shape index (κ2) is 55.3. The minimum atomic E-state index is -0.708. The molecule has 0 saturated carbocycles. The van der Waals surface area contributed by atoms with Gasteiger partial charge >= 0.3 is 36.1 Å². The van der Waals surface area contributed by atoms with Gasteiger partial charge < -0.3 is 29.9 Å². The number of alkyl halides is 2. The molecule has 580 valence electrons. The van der Waals surface area contributed by atoms with Gasteiger partial charge in [0.1, 0.15) is 19.0 Å². The second-order valence-corrected chi connectivity index (χ2v) is 30.7. The van der Waals surface area contributed by atoms with Gasteiger partial charge in [-0.15, -0.1) is 19.7 Å². The Balaban J connectivity index is -0.00000115. The van der Waals surface area contributed by atoms with Crippen molar-refractivity contribution < 1.29 is 73.1 Å². The largest absolute Gasteiger partial charge is 0.481 e. The van der Waals surface area contributed by atoms with E-state index in [2.05, 4.69) is 140 Å². The molecule has 2 aliphatic heterocycles. The topological polar surface area (TPSA) is 259 Å². The number of nitrogens with zero attached hydrogens (tertiary/aromatic N) is 2. The van der Waals surface area contributed by atoms with E-state index in [-0.39, 0.29) is 82.6 Å². The quantitative estimate of drug-likeness (QED) is 0.0375. The van der Waals surface area contributed by atoms with Crippen LogP contribution in [0.2, 0.25) is 0 Å². The molecule has 2 aromatic carbocycles. The van der Waals surface area contributed by atoms with E-state index in [0.29, 0.717) is 86.0 Å². The number of carbonyl (C=O) groups is 9. The highest BCUT2D eigenvalue weighted by Crippen LogP contribution is 2.43. The first-order valence-electron chi connectivity index (χ1n) is 36.6. The zero-order valence-electron chi connectivity index (χ0n) is 65.7. The number of imide groups is 2. The lowest BCUT2D eigenvalue weighted by Gasteiger charge is -2.34. The molecule has 2 heterocycles. The molecule has 8 atom stereocenters. The maximum Gasteiger partial charge on any atom is 0.416 e. The van der Waals surface area contributed by atoms with E-state index >= 15 is 0 Å². The standard InChI is InChI=1S/C18H25NO3.C16H21NO3.C14H24O2.C12H20O2.C11H20O2.C8H16O2.C3H5BrO.CH3Br/c1-4-15(10-13(2)3)17(20)19-16(12-22-18(19)21)11-14-8-6-5-7-9-14;1-12(2)8-9-15(18)17-14(11-20-16(17)19)10-13-6-4-3-5-7-13;1-6-8-14(5,9-7-2)12(13(15)16)10-11(3)4;1-9(2)8-10(11(13)14)12(3)6-4-5-7-12;1-5-6-9(4)10(11(12)13)7-8(2)3;1-4-7(8(9)10)5-6(2)3;1-3(5)2-4;1-2/h5-9,13,15-16H,4,10-12H2,1-3H3;3-7,12,14H,8-11H2,1-2H3;6-7,11-12H,1-2,8-10H2,3-5H3,(H,15,16);4-5,9-10H,6-8H2,1-3H3,(H,13,14);5,8-10H,1,6-7H2,2-4H3,(H,12,13);6-7H,4-5H2,1-3H3,(H,9,10);2H2,1H3;1H3/t15-,16-;14-;12-;10-;9-,10-;7-;;/m000010../s1. The van der Waals surface area contributed by atoms with Gasteiger partial charge in [0.25, 0.3) is 0 Å². The summed E-state index contributed by atoms with van der Waals surface area (Å²) in [6.45, 7) is 48.0. The number of hydrogen-bond acceptors (Lipinski definition) is 11. The number of ketones is 1. The van der Waals surface area contributed by atoms with E-state index in [1.807, 2.05) is 108 Å². The fourth-order valence-electron chi connectivity index (χ4n) is 12.2. The number of Topliss-reactive ketones (excluding diaryl/α,β-unsaturated/α-hetero) is 1. The summed E-state index contributed by atoms with van der Waals surface area (Å²) in [5, 5.41) is 36.6. The summed E-state index contributed by atoms with van der Waals surface area (Å²) in [6.07, 6.45) is 20.5. The number of benzene rings is 2. The van der Waals surface area contributed by atoms with Crippen molar-refractivity contribution in [1.29, 1.82) is 0 Å². The van der Waals surface area contributed by atoms with Gasteiger partial charge in [-0.1, -0.05) is 241 Å². The van der Waals surface area contributed by atoms with Crippen molar-refractivity contribution in [3.8, 4) is 0 Å². The molecule has 4 amide bonds.